The van der Waals surface area contributed by atoms with Gasteiger partial charge in [0, 0.05) is 82.6 Å². The number of rotatable bonds is 22. The van der Waals surface area contributed by atoms with Crippen molar-refractivity contribution in [3.8, 4) is 5.00 Å². The maximum absolute atomic E-state index is 14.6. The number of hydrogen-bond acceptors (Lipinski definition) is 11. The minimum absolute atomic E-state index is 0.00752. The molecule has 0 spiro atoms. The lowest BCUT2D eigenvalue weighted by atomic mass is 9.93. The molecule has 1 saturated heterocycles. The average molecular weight is 1130 g/mol. The quantitative estimate of drug-likeness (QED) is 0.0517. The molecule has 2 atom stereocenters. The average Bonchev–Trinajstić information content (AvgIpc) is 3.99. The van der Waals surface area contributed by atoms with E-state index in [0.717, 1.165) is 49.9 Å². The number of ether oxygens (including phenoxy) is 3. The molecule has 4 aromatic carbocycles. The number of thiophene rings is 1. The minimum Gasteiger partial charge on any atom is -0.379 e. The second-order valence-corrected chi connectivity index (χ2v) is 21.6. The molecule has 0 unspecified atom stereocenters. The van der Waals surface area contributed by atoms with Crippen LogP contribution in [0.4, 0.5) is 0 Å². The molecule has 13 nitrogen and oxygen atoms in total. The molecule has 0 saturated carbocycles. The summed E-state index contributed by atoms with van der Waals surface area (Å²) in [4.78, 5) is 63.5. The summed E-state index contributed by atoms with van der Waals surface area (Å²) < 4.78 is 19.3. The van der Waals surface area contributed by atoms with E-state index in [4.69, 9.17) is 65.6 Å². The molecule has 1 fully saturated rings. The number of halogens is 4. The summed E-state index contributed by atoms with van der Waals surface area (Å²) in [5, 5.41) is 14.8. The van der Waals surface area contributed by atoms with Gasteiger partial charge in [-0.15, -0.1) is 21.5 Å². The first kappa shape index (κ1) is 56.4. The number of hydrogen-bond donors (Lipinski definition) is 1. The highest BCUT2D eigenvalue weighted by Gasteiger charge is 2.35. The number of aromatic nitrogens is 3. The van der Waals surface area contributed by atoms with Crippen molar-refractivity contribution < 1.29 is 33.4 Å². The lowest BCUT2D eigenvalue weighted by Crippen LogP contribution is -2.52. The number of ketones is 2. The summed E-state index contributed by atoms with van der Waals surface area (Å²) in [6.45, 7) is 9.71. The first-order chi connectivity index (χ1) is 36.6. The Morgan fingerprint density at radius 2 is 1.39 bits per heavy atom. The van der Waals surface area contributed by atoms with Gasteiger partial charge in [0.2, 0.25) is 11.8 Å². The van der Waals surface area contributed by atoms with Crippen molar-refractivity contribution in [3.63, 3.8) is 0 Å². The Balaban J connectivity index is 0.785. The van der Waals surface area contributed by atoms with Gasteiger partial charge >= 0.3 is 0 Å². The molecular formula is C58H58Cl4N6O7S. The van der Waals surface area contributed by atoms with E-state index in [1.165, 1.54) is 4.88 Å². The molecule has 2 aliphatic rings. The Morgan fingerprint density at radius 1 is 0.750 bits per heavy atom. The van der Waals surface area contributed by atoms with Gasteiger partial charge in [-0.3, -0.25) is 28.7 Å². The number of aliphatic imine (C=N–C) groups is 1. The highest BCUT2D eigenvalue weighted by atomic mass is 35.5. The fourth-order valence-electron chi connectivity index (χ4n) is 9.02. The number of benzene rings is 4. The molecule has 4 heterocycles. The second-order valence-electron chi connectivity index (χ2n) is 18.7. The van der Waals surface area contributed by atoms with E-state index in [1.54, 1.807) is 52.7 Å². The highest BCUT2D eigenvalue weighted by molar-refractivity contribution is 7.15. The van der Waals surface area contributed by atoms with Gasteiger partial charge in [-0.2, -0.15) is 0 Å². The minimum atomic E-state index is -0.935. The fourth-order valence-corrected chi connectivity index (χ4v) is 10.8. The molecule has 0 aliphatic carbocycles. The Morgan fingerprint density at radius 3 is 2.07 bits per heavy atom. The molecule has 0 bridgehead atoms. The molecule has 396 valence electrons. The summed E-state index contributed by atoms with van der Waals surface area (Å²) in [7, 11) is 0. The lowest BCUT2D eigenvalue weighted by molar-refractivity contribution is -0.136. The van der Waals surface area contributed by atoms with E-state index >= 15 is 0 Å². The SMILES string of the molecule is Cc1cc(/C=C2\CN(C(=O)[C@H](Cc3ccccc3)NC(=O)CCOCCOCCOCCCC(=O)C[C@@H]3N=C(c4ccc(Cl)cc4)c4c(sc(C)c4C)-n4c(C)nnc43)C/C(=C\c3ccc(Cl)c(Cl)c3)C2=O)ccc1Cl. The topological polar surface area (TPSA) is 154 Å². The molecule has 2 aromatic heterocycles. The van der Waals surface area contributed by atoms with Crippen LogP contribution in [0.1, 0.15) is 87.2 Å². The highest BCUT2D eigenvalue weighted by Crippen LogP contribution is 2.40. The molecule has 1 N–H and O–H groups in total. The largest absolute Gasteiger partial charge is 0.379 e. The van der Waals surface area contributed by atoms with E-state index in [0.29, 0.717) is 75.3 Å². The number of carbonyl (C=O) groups is 4. The number of aryl methyl sites for hydroxylation is 3. The summed E-state index contributed by atoms with van der Waals surface area (Å²) in [5.74, 6) is 0.515. The van der Waals surface area contributed by atoms with Gasteiger partial charge < -0.3 is 24.4 Å². The smallest absolute Gasteiger partial charge is 0.246 e. The Hall–Kier alpha value is -5.81. The number of nitrogens with zero attached hydrogens (tertiary/aromatic N) is 5. The maximum atomic E-state index is 14.6. The Bertz CT molecular complexity index is 3120. The molecule has 0 radical (unpaired) electrons. The van der Waals surface area contributed by atoms with Gasteiger partial charge in [0.1, 0.15) is 28.7 Å². The number of amides is 2. The lowest BCUT2D eigenvalue weighted by Gasteiger charge is -2.33. The van der Waals surface area contributed by atoms with Crippen molar-refractivity contribution in [1.82, 2.24) is 25.0 Å². The number of carbonyl (C=O) groups excluding carboxylic acids is 4. The van der Waals surface area contributed by atoms with E-state index in [2.05, 4.69) is 29.4 Å². The van der Waals surface area contributed by atoms with Gasteiger partial charge in [0.05, 0.1) is 48.8 Å². The van der Waals surface area contributed by atoms with Gasteiger partial charge in [-0.05, 0) is 104 Å². The molecule has 2 aliphatic heterocycles. The van der Waals surface area contributed by atoms with Crippen molar-refractivity contribution in [2.24, 2.45) is 4.99 Å². The molecular weight excluding hydrogens is 1070 g/mol. The molecule has 76 heavy (non-hydrogen) atoms. The zero-order valence-electron chi connectivity index (χ0n) is 42.7. The number of likely N-dealkylation sites (tertiary alicyclic amines) is 1. The Kier molecular flexibility index (Phi) is 19.7. The number of nitrogens with one attached hydrogen (secondary N) is 1. The van der Waals surface area contributed by atoms with Crippen LogP contribution >= 0.6 is 57.7 Å². The van der Waals surface area contributed by atoms with Crippen LogP contribution in [0, 0.1) is 27.7 Å². The van der Waals surface area contributed by atoms with Crippen LogP contribution in [-0.4, -0.2) is 108 Å². The fraction of sp³-hybridized carbons (Fsp3) is 0.328. The van der Waals surface area contributed by atoms with Crippen molar-refractivity contribution in [1.29, 1.82) is 0 Å². The van der Waals surface area contributed by atoms with Crippen LogP contribution in [0.5, 0.6) is 0 Å². The predicted octanol–water partition coefficient (Wildman–Crippen LogP) is 11.6. The van der Waals surface area contributed by atoms with Crippen molar-refractivity contribution in [3.05, 3.63) is 178 Å². The maximum Gasteiger partial charge on any atom is 0.246 e. The third-order valence-electron chi connectivity index (χ3n) is 13.1. The normalized spacial score (nSPS) is 15.8. The van der Waals surface area contributed by atoms with Gasteiger partial charge in [0.15, 0.2) is 11.6 Å². The summed E-state index contributed by atoms with van der Waals surface area (Å²) in [6.07, 6.45) is 4.75. The first-order valence-corrected chi connectivity index (χ1v) is 27.4. The zero-order valence-corrected chi connectivity index (χ0v) is 46.5. The zero-order chi connectivity index (χ0) is 53.9. The molecule has 18 heteroatoms. The van der Waals surface area contributed by atoms with Crippen LogP contribution < -0.4 is 5.32 Å². The monoisotopic (exact) mass is 1120 g/mol. The first-order valence-electron chi connectivity index (χ1n) is 25.0. The third-order valence-corrected chi connectivity index (χ3v) is 15.7. The standard InChI is InChI=1S/C58H58Cl4N6O7S/c1-35-27-40(12-18-47(35)60)28-43-33-67(34-44(55(43)71)29-41-13-19-48(61)49(62)30-41)57(72)51(31-39-9-6-5-7-10-39)63-52(70)20-22-74-24-26-75-25-23-73-21-8-11-46(69)32-50-56-66-65-38(4)68(56)58-53(36(2)37(3)76-58)54(64-50)42-14-16-45(59)17-15-42/h5-7,9-10,12-19,27-30,50-51H,8,11,20-26,31-34H2,1-4H3,(H,63,70)/b43-28+,44-29+/t50-,51-/m0/s1. The van der Waals surface area contributed by atoms with Gasteiger partial charge in [-0.25, -0.2) is 0 Å². The Labute approximate surface area is 466 Å². The van der Waals surface area contributed by atoms with E-state index < -0.39 is 12.1 Å². The van der Waals surface area contributed by atoms with E-state index in [-0.39, 0.29) is 75.6 Å². The van der Waals surface area contributed by atoms with Crippen LogP contribution in [-0.2, 0) is 39.8 Å². The predicted molar refractivity (Wildman–Crippen MR) is 301 cm³/mol. The third kappa shape index (κ3) is 14.4. The van der Waals surface area contributed by atoms with Gasteiger partial charge in [0.25, 0.3) is 0 Å². The summed E-state index contributed by atoms with van der Waals surface area (Å²) >= 11 is 26.7. The van der Waals surface area contributed by atoms with Crippen LogP contribution in [0.25, 0.3) is 17.2 Å². The number of Topliss-reactive ketones (excluding diaryl/α,β-unsaturated/α-hetero) is 2. The second kappa shape index (κ2) is 26.5. The number of fused-ring (bicyclic) bond motifs is 3. The van der Waals surface area contributed by atoms with E-state index in [9.17, 15) is 19.2 Å². The van der Waals surface area contributed by atoms with Crippen molar-refractivity contribution >= 4 is 99.0 Å². The summed E-state index contributed by atoms with van der Waals surface area (Å²) in [6, 6.07) is 26.1. The van der Waals surface area contributed by atoms with Crippen LogP contribution in [0.15, 0.2) is 107 Å². The summed E-state index contributed by atoms with van der Waals surface area (Å²) in [5.41, 5.74) is 7.76. The number of piperidine rings is 1. The van der Waals surface area contributed by atoms with Crippen molar-refractivity contribution in [2.75, 3.05) is 52.7 Å². The van der Waals surface area contributed by atoms with Crippen LogP contribution in [0.2, 0.25) is 20.1 Å². The molecule has 2 amide bonds. The molecule has 6 aromatic rings. The van der Waals surface area contributed by atoms with Crippen LogP contribution in [0.3, 0.4) is 0 Å². The van der Waals surface area contributed by atoms with E-state index in [1.807, 2.05) is 85.1 Å². The van der Waals surface area contributed by atoms with Gasteiger partial charge in [-0.1, -0.05) is 107 Å². The van der Waals surface area contributed by atoms with Crippen molar-refractivity contribution in [2.45, 2.75) is 71.9 Å². The molecule has 8 rings (SSSR count).